The summed E-state index contributed by atoms with van der Waals surface area (Å²) in [5.74, 6) is -3.99. The maximum absolute atomic E-state index is 13.4. The summed E-state index contributed by atoms with van der Waals surface area (Å²) in [7, 11) is 0. The number of hydrogen-bond acceptors (Lipinski definition) is 3. The zero-order valence-electron chi connectivity index (χ0n) is 8.92. The molecule has 18 heavy (non-hydrogen) atoms. The van der Waals surface area contributed by atoms with Crippen molar-refractivity contribution in [2.24, 2.45) is 0 Å². The fraction of sp³-hybridized carbons (Fsp3) is 0. The van der Waals surface area contributed by atoms with E-state index in [0.717, 1.165) is 12.1 Å². The predicted octanol–water partition coefficient (Wildman–Crippen LogP) is 3.11. The van der Waals surface area contributed by atoms with Crippen LogP contribution < -0.4 is 5.32 Å². The van der Waals surface area contributed by atoms with Gasteiger partial charge in [0.2, 0.25) is 0 Å². The van der Waals surface area contributed by atoms with Crippen molar-refractivity contribution in [2.75, 3.05) is 5.32 Å². The van der Waals surface area contributed by atoms with E-state index in [1.165, 1.54) is 18.2 Å². The van der Waals surface area contributed by atoms with Gasteiger partial charge in [-0.25, -0.2) is 18.2 Å². The highest BCUT2D eigenvalue weighted by Crippen LogP contribution is 2.22. The molecule has 0 aliphatic carbocycles. The van der Waals surface area contributed by atoms with Crippen LogP contribution in [0.2, 0.25) is 0 Å². The molecule has 1 aromatic carbocycles. The van der Waals surface area contributed by atoms with Gasteiger partial charge in [0.05, 0.1) is 5.69 Å². The van der Waals surface area contributed by atoms with E-state index in [0.29, 0.717) is 0 Å². The molecule has 0 fully saturated rings. The number of pyridine rings is 1. The van der Waals surface area contributed by atoms with Gasteiger partial charge in [0.15, 0.2) is 17.5 Å². The average Bonchev–Trinajstić information content (AvgIpc) is 2.40. The third-order valence-corrected chi connectivity index (χ3v) is 2.16. The van der Waals surface area contributed by atoms with E-state index in [2.05, 4.69) is 10.3 Å². The fourth-order valence-corrected chi connectivity index (χ4v) is 1.33. The second-order valence-corrected chi connectivity index (χ2v) is 3.37. The van der Waals surface area contributed by atoms with Crippen LogP contribution in [0.25, 0.3) is 0 Å². The van der Waals surface area contributed by atoms with Crippen LogP contribution in [0, 0.1) is 28.8 Å². The van der Waals surface area contributed by atoms with Crippen molar-refractivity contribution >= 4 is 11.5 Å². The topological polar surface area (TPSA) is 48.7 Å². The Balaban J connectivity index is 2.35. The van der Waals surface area contributed by atoms with E-state index in [1.807, 2.05) is 6.07 Å². The second-order valence-electron chi connectivity index (χ2n) is 3.37. The molecule has 0 atom stereocenters. The van der Waals surface area contributed by atoms with E-state index in [4.69, 9.17) is 5.26 Å². The molecule has 2 rings (SSSR count). The maximum atomic E-state index is 13.4. The lowest BCUT2D eigenvalue weighted by Gasteiger charge is -2.07. The summed E-state index contributed by atoms with van der Waals surface area (Å²) in [6, 6.07) is 8.13. The molecule has 0 spiro atoms. The highest BCUT2D eigenvalue weighted by molar-refractivity contribution is 5.57. The Morgan fingerprint density at radius 1 is 1.06 bits per heavy atom. The molecular weight excluding hydrogens is 243 g/mol. The van der Waals surface area contributed by atoms with E-state index < -0.39 is 17.5 Å². The summed E-state index contributed by atoms with van der Waals surface area (Å²) in [6.07, 6.45) is 0. The van der Waals surface area contributed by atoms with Crippen molar-refractivity contribution in [3.63, 3.8) is 0 Å². The van der Waals surface area contributed by atoms with Gasteiger partial charge in [-0.05, 0) is 24.3 Å². The van der Waals surface area contributed by atoms with Crippen molar-refractivity contribution in [1.29, 1.82) is 5.26 Å². The third-order valence-electron chi connectivity index (χ3n) is 2.16. The number of halogens is 3. The van der Waals surface area contributed by atoms with Gasteiger partial charge in [-0.2, -0.15) is 5.26 Å². The number of nitriles is 1. The Morgan fingerprint density at radius 2 is 1.83 bits per heavy atom. The van der Waals surface area contributed by atoms with Crippen LogP contribution in [0.5, 0.6) is 0 Å². The first-order chi connectivity index (χ1) is 8.61. The standard InChI is InChI=1S/C12H6F3N3/c13-8-4-5-9(12(15)11(8)14)18-10-3-1-2-7(6-16)17-10/h1-5H,(H,17,18). The number of anilines is 2. The lowest BCUT2D eigenvalue weighted by Crippen LogP contribution is -2.00. The van der Waals surface area contributed by atoms with Gasteiger partial charge in [-0.1, -0.05) is 6.07 Å². The van der Waals surface area contributed by atoms with Crippen molar-refractivity contribution in [3.05, 3.63) is 53.5 Å². The first-order valence-electron chi connectivity index (χ1n) is 4.89. The summed E-state index contributed by atoms with van der Waals surface area (Å²) < 4.78 is 39.1. The Kier molecular flexibility index (Phi) is 3.15. The Labute approximate surface area is 101 Å². The molecule has 3 nitrogen and oxygen atoms in total. The van der Waals surface area contributed by atoms with Crippen molar-refractivity contribution in [1.82, 2.24) is 4.98 Å². The third kappa shape index (κ3) is 2.25. The molecule has 0 aliphatic heterocycles. The molecule has 6 heteroatoms. The van der Waals surface area contributed by atoms with Gasteiger partial charge >= 0.3 is 0 Å². The Bertz CT molecular complexity index is 635. The van der Waals surface area contributed by atoms with E-state index in [-0.39, 0.29) is 17.2 Å². The van der Waals surface area contributed by atoms with Gasteiger partial charge < -0.3 is 5.32 Å². The van der Waals surface area contributed by atoms with Crippen LogP contribution in [0.15, 0.2) is 30.3 Å². The van der Waals surface area contributed by atoms with Gasteiger partial charge in [0.25, 0.3) is 0 Å². The van der Waals surface area contributed by atoms with Crippen LogP contribution in [0.4, 0.5) is 24.7 Å². The zero-order chi connectivity index (χ0) is 13.1. The highest BCUT2D eigenvalue weighted by Gasteiger charge is 2.13. The molecule has 0 saturated carbocycles. The highest BCUT2D eigenvalue weighted by atomic mass is 19.2. The normalized spacial score (nSPS) is 9.89. The number of nitrogens with zero attached hydrogens (tertiary/aromatic N) is 2. The van der Waals surface area contributed by atoms with Crippen molar-refractivity contribution in [3.8, 4) is 6.07 Å². The fourth-order valence-electron chi connectivity index (χ4n) is 1.33. The molecule has 90 valence electrons. The molecule has 0 radical (unpaired) electrons. The number of nitrogens with one attached hydrogen (secondary N) is 1. The number of rotatable bonds is 2. The van der Waals surface area contributed by atoms with Gasteiger partial charge in [0, 0.05) is 0 Å². The van der Waals surface area contributed by atoms with Crippen LogP contribution in [-0.2, 0) is 0 Å². The summed E-state index contributed by atoms with van der Waals surface area (Å²) in [6.45, 7) is 0. The molecule has 0 saturated heterocycles. The molecule has 0 amide bonds. The molecule has 1 aromatic heterocycles. The van der Waals surface area contributed by atoms with Crippen LogP contribution in [-0.4, -0.2) is 4.98 Å². The molecule has 1 N–H and O–H groups in total. The van der Waals surface area contributed by atoms with Crippen LogP contribution in [0.1, 0.15) is 5.69 Å². The van der Waals surface area contributed by atoms with Gasteiger partial charge in [0.1, 0.15) is 17.6 Å². The molecule has 2 aromatic rings. The number of aromatic nitrogens is 1. The zero-order valence-corrected chi connectivity index (χ0v) is 8.92. The Hall–Kier alpha value is -2.55. The smallest absolute Gasteiger partial charge is 0.196 e. The second kappa shape index (κ2) is 4.75. The SMILES string of the molecule is N#Cc1cccc(Nc2ccc(F)c(F)c2F)n1. The predicted molar refractivity (Wildman–Crippen MR) is 58.6 cm³/mol. The molecular formula is C12H6F3N3. The average molecular weight is 249 g/mol. The number of hydrogen-bond donors (Lipinski definition) is 1. The quantitative estimate of drug-likeness (QED) is 0.832. The summed E-state index contributed by atoms with van der Waals surface area (Å²) >= 11 is 0. The first kappa shape index (κ1) is 11.9. The first-order valence-corrected chi connectivity index (χ1v) is 4.89. The minimum absolute atomic E-state index is 0.128. The summed E-state index contributed by atoms with van der Waals surface area (Å²) in [4.78, 5) is 3.82. The lowest BCUT2D eigenvalue weighted by atomic mass is 10.2. The van der Waals surface area contributed by atoms with Gasteiger partial charge in [-0.15, -0.1) is 0 Å². The van der Waals surface area contributed by atoms with Crippen LogP contribution in [0.3, 0.4) is 0 Å². The Morgan fingerprint density at radius 3 is 2.56 bits per heavy atom. The number of benzene rings is 1. The largest absolute Gasteiger partial charge is 0.338 e. The van der Waals surface area contributed by atoms with Gasteiger partial charge in [-0.3, -0.25) is 0 Å². The molecule has 1 heterocycles. The van der Waals surface area contributed by atoms with Crippen molar-refractivity contribution < 1.29 is 13.2 Å². The molecule has 0 unspecified atom stereocenters. The lowest BCUT2D eigenvalue weighted by molar-refractivity contribution is 0.449. The maximum Gasteiger partial charge on any atom is 0.196 e. The van der Waals surface area contributed by atoms with E-state index >= 15 is 0 Å². The summed E-state index contributed by atoms with van der Waals surface area (Å²) in [5.41, 5.74) is -0.125. The van der Waals surface area contributed by atoms with Crippen molar-refractivity contribution in [2.45, 2.75) is 0 Å². The van der Waals surface area contributed by atoms with Crippen LogP contribution >= 0.6 is 0 Å². The summed E-state index contributed by atoms with van der Waals surface area (Å²) in [5, 5.41) is 11.1. The molecule has 0 bridgehead atoms. The minimum atomic E-state index is -1.56. The minimum Gasteiger partial charge on any atom is -0.338 e. The molecule has 0 aliphatic rings. The monoisotopic (exact) mass is 249 g/mol. The van der Waals surface area contributed by atoms with E-state index in [1.54, 1.807) is 0 Å². The van der Waals surface area contributed by atoms with E-state index in [9.17, 15) is 13.2 Å².